The number of hydrogen-bond donors (Lipinski definition) is 1. The Kier molecular flexibility index (Phi) is 6.05. The average molecular weight is 362 g/mol. The maximum atomic E-state index is 12.6. The number of aromatic nitrogens is 1. The lowest BCUT2D eigenvalue weighted by molar-refractivity contribution is 0.102. The van der Waals surface area contributed by atoms with Gasteiger partial charge < -0.3 is 14.8 Å². The summed E-state index contributed by atoms with van der Waals surface area (Å²) >= 11 is 0. The first-order valence-electron chi connectivity index (χ1n) is 8.71. The summed E-state index contributed by atoms with van der Waals surface area (Å²) in [5.74, 6) is 0.922. The van der Waals surface area contributed by atoms with Crippen LogP contribution in [0, 0.1) is 0 Å². The molecular weight excluding hydrogens is 340 g/mol. The molecule has 0 spiro atoms. The molecule has 3 aromatic rings. The van der Waals surface area contributed by atoms with Gasteiger partial charge in [0.1, 0.15) is 0 Å². The molecule has 0 radical (unpaired) electrons. The van der Waals surface area contributed by atoms with Gasteiger partial charge in [-0.25, -0.2) is 0 Å². The van der Waals surface area contributed by atoms with Gasteiger partial charge in [0.05, 0.1) is 14.2 Å². The highest BCUT2D eigenvalue weighted by atomic mass is 16.5. The Bertz CT molecular complexity index is 910. The molecule has 5 heteroatoms. The molecule has 5 nitrogen and oxygen atoms in total. The van der Waals surface area contributed by atoms with E-state index in [0.717, 1.165) is 24.1 Å². The summed E-state index contributed by atoms with van der Waals surface area (Å²) in [6.07, 6.45) is 5.42. The number of anilines is 1. The zero-order valence-corrected chi connectivity index (χ0v) is 15.4. The van der Waals surface area contributed by atoms with Crippen LogP contribution in [0.5, 0.6) is 11.5 Å². The molecule has 0 bridgehead atoms. The lowest BCUT2D eigenvalue weighted by Crippen LogP contribution is -2.12. The molecule has 0 fully saturated rings. The number of hydrogen-bond acceptors (Lipinski definition) is 4. The van der Waals surface area contributed by atoms with Crippen LogP contribution in [0.15, 0.2) is 67.0 Å². The summed E-state index contributed by atoms with van der Waals surface area (Å²) in [5.41, 5.74) is 3.68. The molecule has 0 aliphatic rings. The second-order valence-corrected chi connectivity index (χ2v) is 6.08. The fourth-order valence-electron chi connectivity index (χ4n) is 2.82. The predicted molar refractivity (Wildman–Crippen MR) is 106 cm³/mol. The van der Waals surface area contributed by atoms with Crippen LogP contribution >= 0.6 is 0 Å². The Morgan fingerprint density at radius 1 is 0.889 bits per heavy atom. The third-order valence-corrected chi connectivity index (χ3v) is 4.28. The quantitative estimate of drug-likeness (QED) is 0.686. The minimum Gasteiger partial charge on any atom is -0.493 e. The minimum atomic E-state index is -0.192. The summed E-state index contributed by atoms with van der Waals surface area (Å²) in [7, 11) is 3.11. The number of methoxy groups -OCH3 is 2. The number of carbonyl (C=O) groups is 1. The van der Waals surface area contributed by atoms with Crippen molar-refractivity contribution in [1.29, 1.82) is 0 Å². The van der Waals surface area contributed by atoms with Gasteiger partial charge >= 0.3 is 0 Å². The normalized spacial score (nSPS) is 10.3. The molecule has 1 N–H and O–H groups in total. The molecule has 0 atom stereocenters. The number of amides is 1. The summed E-state index contributed by atoms with van der Waals surface area (Å²) in [5, 5.41) is 2.94. The molecule has 1 heterocycles. The van der Waals surface area contributed by atoms with Crippen LogP contribution in [0.2, 0.25) is 0 Å². The summed E-state index contributed by atoms with van der Waals surface area (Å²) in [6, 6.07) is 17.0. The molecule has 1 aromatic heterocycles. The minimum absolute atomic E-state index is 0.192. The van der Waals surface area contributed by atoms with E-state index in [0.29, 0.717) is 17.1 Å². The average Bonchev–Trinajstić information content (AvgIpc) is 2.72. The van der Waals surface area contributed by atoms with Gasteiger partial charge in [0.15, 0.2) is 11.5 Å². The highest BCUT2D eigenvalue weighted by Gasteiger charge is 2.11. The van der Waals surface area contributed by atoms with E-state index in [1.807, 2.05) is 30.3 Å². The van der Waals surface area contributed by atoms with Crippen molar-refractivity contribution in [2.45, 2.75) is 12.8 Å². The van der Waals surface area contributed by atoms with E-state index in [1.165, 1.54) is 5.56 Å². The topological polar surface area (TPSA) is 60.5 Å². The molecule has 0 aliphatic carbocycles. The molecule has 27 heavy (non-hydrogen) atoms. The number of nitrogens with one attached hydrogen (secondary N) is 1. The van der Waals surface area contributed by atoms with E-state index < -0.39 is 0 Å². The van der Waals surface area contributed by atoms with Crippen molar-refractivity contribution in [2.24, 2.45) is 0 Å². The fraction of sp³-hybridized carbons (Fsp3) is 0.182. The molecular formula is C22H22N2O3. The maximum Gasteiger partial charge on any atom is 0.255 e. The molecule has 0 saturated heterocycles. The van der Waals surface area contributed by atoms with E-state index in [1.54, 1.807) is 44.8 Å². The van der Waals surface area contributed by atoms with Crippen LogP contribution in [0.4, 0.5) is 5.69 Å². The van der Waals surface area contributed by atoms with Crippen molar-refractivity contribution in [3.8, 4) is 11.5 Å². The predicted octanol–water partition coefficient (Wildman–Crippen LogP) is 4.14. The Labute approximate surface area is 159 Å². The van der Waals surface area contributed by atoms with Gasteiger partial charge in [0.25, 0.3) is 5.91 Å². The standard InChI is InChI=1S/C22H22N2O3/c1-26-20-9-8-18(15-21(20)27-2)22(25)24-19-5-3-4-17(14-19)7-6-16-10-12-23-13-11-16/h3-5,8-15H,6-7H2,1-2H3,(H,24,25). The molecule has 3 rings (SSSR count). The van der Waals surface area contributed by atoms with Gasteiger partial charge in [0.2, 0.25) is 0 Å². The van der Waals surface area contributed by atoms with Gasteiger partial charge in [-0.3, -0.25) is 9.78 Å². The van der Waals surface area contributed by atoms with E-state index in [9.17, 15) is 4.79 Å². The molecule has 0 unspecified atom stereocenters. The van der Waals surface area contributed by atoms with Gasteiger partial charge in [-0.2, -0.15) is 0 Å². The number of nitrogens with zero attached hydrogens (tertiary/aromatic N) is 1. The summed E-state index contributed by atoms with van der Waals surface area (Å²) < 4.78 is 10.5. The number of pyridine rings is 1. The van der Waals surface area contributed by atoms with Crippen LogP contribution < -0.4 is 14.8 Å². The SMILES string of the molecule is COc1ccc(C(=O)Nc2cccc(CCc3ccncc3)c2)cc1OC. The first-order chi connectivity index (χ1) is 13.2. The van der Waals surface area contributed by atoms with E-state index >= 15 is 0 Å². The largest absolute Gasteiger partial charge is 0.493 e. The molecule has 0 saturated carbocycles. The third-order valence-electron chi connectivity index (χ3n) is 4.28. The highest BCUT2D eigenvalue weighted by Crippen LogP contribution is 2.28. The Morgan fingerprint density at radius 3 is 2.37 bits per heavy atom. The van der Waals surface area contributed by atoms with Crippen molar-refractivity contribution < 1.29 is 14.3 Å². The molecule has 2 aromatic carbocycles. The van der Waals surface area contributed by atoms with E-state index in [4.69, 9.17) is 9.47 Å². The fourth-order valence-corrected chi connectivity index (χ4v) is 2.82. The van der Waals surface area contributed by atoms with Gasteiger partial charge in [-0.05, 0) is 66.4 Å². The van der Waals surface area contributed by atoms with Gasteiger partial charge in [-0.15, -0.1) is 0 Å². The monoisotopic (exact) mass is 362 g/mol. The lowest BCUT2D eigenvalue weighted by atomic mass is 10.0. The third kappa shape index (κ3) is 4.85. The van der Waals surface area contributed by atoms with Crippen LogP contribution in [0.3, 0.4) is 0 Å². The zero-order chi connectivity index (χ0) is 19.1. The zero-order valence-electron chi connectivity index (χ0n) is 15.4. The van der Waals surface area contributed by atoms with Gasteiger partial charge in [0, 0.05) is 23.6 Å². The smallest absolute Gasteiger partial charge is 0.255 e. The number of aryl methyl sites for hydroxylation is 2. The molecule has 138 valence electrons. The van der Waals surface area contributed by atoms with Crippen molar-refractivity contribution in [2.75, 3.05) is 19.5 Å². The Balaban J connectivity index is 1.67. The number of benzene rings is 2. The Hall–Kier alpha value is -3.34. The highest BCUT2D eigenvalue weighted by molar-refractivity contribution is 6.04. The molecule has 1 amide bonds. The maximum absolute atomic E-state index is 12.6. The lowest BCUT2D eigenvalue weighted by Gasteiger charge is -2.11. The molecule has 0 aliphatic heterocycles. The summed E-state index contributed by atoms with van der Waals surface area (Å²) in [4.78, 5) is 16.6. The number of ether oxygens (including phenoxy) is 2. The van der Waals surface area contributed by atoms with Crippen LogP contribution in [0.25, 0.3) is 0 Å². The van der Waals surface area contributed by atoms with Crippen molar-refractivity contribution in [3.63, 3.8) is 0 Å². The second-order valence-electron chi connectivity index (χ2n) is 6.08. The summed E-state index contributed by atoms with van der Waals surface area (Å²) in [6.45, 7) is 0. The Morgan fingerprint density at radius 2 is 1.63 bits per heavy atom. The second kappa shape index (κ2) is 8.85. The van der Waals surface area contributed by atoms with Crippen molar-refractivity contribution in [3.05, 3.63) is 83.7 Å². The van der Waals surface area contributed by atoms with Crippen LogP contribution in [0.1, 0.15) is 21.5 Å². The van der Waals surface area contributed by atoms with Gasteiger partial charge in [-0.1, -0.05) is 12.1 Å². The van der Waals surface area contributed by atoms with E-state index in [2.05, 4.69) is 16.4 Å². The first-order valence-corrected chi connectivity index (χ1v) is 8.71. The van der Waals surface area contributed by atoms with E-state index in [-0.39, 0.29) is 5.91 Å². The van der Waals surface area contributed by atoms with Crippen molar-refractivity contribution in [1.82, 2.24) is 4.98 Å². The van der Waals surface area contributed by atoms with Crippen LogP contribution in [-0.2, 0) is 12.8 Å². The number of rotatable bonds is 7. The van der Waals surface area contributed by atoms with Crippen LogP contribution in [-0.4, -0.2) is 25.1 Å². The first kappa shape index (κ1) is 18.5. The number of carbonyl (C=O) groups excluding carboxylic acids is 1. The van der Waals surface area contributed by atoms with Crippen molar-refractivity contribution >= 4 is 11.6 Å².